The third kappa shape index (κ3) is 3.14. The Labute approximate surface area is 169 Å². The van der Waals surface area contributed by atoms with Crippen LogP contribution in [0, 0.1) is 0 Å². The Morgan fingerprint density at radius 3 is 2.83 bits per heavy atom. The number of hydrogen-bond donors (Lipinski definition) is 2. The van der Waals surface area contributed by atoms with Crippen LogP contribution in [0.2, 0.25) is 0 Å². The first-order valence-corrected chi connectivity index (χ1v) is 10.5. The summed E-state index contributed by atoms with van der Waals surface area (Å²) >= 11 is 0. The normalized spacial score (nSPS) is 24.8. The van der Waals surface area contributed by atoms with Gasteiger partial charge in [-0.15, -0.1) is 0 Å². The number of benzene rings is 1. The molecule has 0 spiro atoms. The largest absolute Gasteiger partial charge is 0.491 e. The first-order valence-electron chi connectivity index (χ1n) is 10.5. The van der Waals surface area contributed by atoms with E-state index in [2.05, 4.69) is 49.4 Å². The number of para-hydroxylation sites is 1. The van der Waals surface area contributed by atoms with E-state index in [0.717, 1.165) is 48.9 Å². The predicted octanol–water partition coefficient (Wildman–Crippen LogP) is 3.08. The van der Waals surface area contributed by atoms with Gasteiger partial charge in [0.1, 0.15) is 30.1 Å². The van der Waals surface area contributed by atoms with Crippen LogP contribution < -0.4 is 10.1 Å². The van der Waals surface area contributed by atoms with E-state index in [4.69, 9.17) is 9.47 Å². The molecule has 29 heavy (non-hydrogen) atoms. The van der Waals surface area contributed by atoms with Crippen LogP contribution in [0.3, 0.4) is 0 Å². The van der Waals surface area contributed by atoms with E-state index in [9.17, 15) is 0 Å². The Hall–Kier alpha value is -2.64. The zero-order chi connectivity index (χ0) is 19.2. The molecule has 0 unspecified atom stereocenters. The van der Waals surface area contributed by atoms with E-state index in [1.807, 2.05) is 6.07 Å². The number of fused-ring (bicyclic) bond motifs is 2. The van der Waals surface area contributed by atoms with Crippen molar-refractivity contribution >= 4 is 16.9 Å². The van der Waals surface area contributed by atoms with Gasteiger partial charge in [0.05, 0.1) is 30.7 Å². The molecule has 2 aromatic heterocycles. The van der Waals surface area contributed by atoms with E-state index in [0.29, 0.717) is 12.5 Å². The minimum Gasteiger partial charge on any atom is -0.491 e. The summed E-state index contributed by atoms with van der Waals surface area (Å²) in [5.74, 6) is 2.49. The number of rotatable bonds is 4. The van der Waals surface area contributed by atoms with Gasteiger partial charge in [0, 0.05) is 24.3 Å². The summed E-state index contributed by atoms with van der Waals surface area (Å²) in [6.07, 6.45) is 4.16. The van der Waals surface area contributed by atoms with Gasteiger partial charge in [0.2, 0.25) is 0 Å². The van der Waals surface area contributed by atoms with E-state index in [1.54, 1.807) is 6.33 Å². The fraction of sp³-hybridized carbons (Fsp3) is 0.455. The topological polar surface area (TPSA) is 75.3 Å². The summed E-state index contributed by atoms with van der Waals surface area (Å²) in [6.45, 7) is 4.03. The molecule has 4 heterocycles. The monoisotopic (exact) mass is 391 g/mol. The molecule has 1 saturated carbocycles. The van der Waals surface area contributed by atoms with Gasteiger partial charge >= 0.3 is 0 Å². The molecule has 6 rings (SSSR count). The molecule has 1 saturated heterocycles. The maximum atomic E-state index is 6.13. The lowest BCUT2D eigenvalue weighted by atomic mass is 9.94. The molecule has 0 radical (unpaired) electrons. The molecular weight excluding hydrogens is 366 g/mol. The minimum absolute atomic E-state index is 0.0930. The second-order valence-electron chi connectivity index (χ2n) is 8.17. The zero-order valence-electron chi connectivity index (χ0n) is 16.3. The molecule has 0 bridgehead atoms. The van der Waals surface area contributed by atoms with Crippen LogP contribution in [0.5, 0.6) is 5.75 Å². The number of morpholine rings is 1. The molecule has 150 valence electrons. The number of nitrogens with zero attached hydrogens (tertiary/aromatic N) is 3. The molecule has 3 aliphatic rings. The fourth-order valence-electron chi connectivity index (χ4n) is 4.58. The van der Waals surface area contributed by atoms with Crippen molar-refractivity contribution in [3.05, 3.63) is 47.9 Å². The molecule has 2 N–H and O–H groups in total. The molecule has 0 amide bonds. The Bertz CT molecular complexity index is 1020. The Balaban J connectivity index is 1.38. The summed E-state index contributed by atoms with van der Waals surface area (Å²) < 4.78 is 11.7. The lowest BCUT2D eigenvalue weighted by molar-refractivity contribution is -0.00341. The van der Waals surface area contributed by atoms with Crippen molar-refractivity contribution in [2.45, 2.75) is 30.8 Å². The second kappa shape index (κ2) is 7.00. The van der Waals surface area contributed by atoms with Crippen molar-refractivity contribution in [1.29, 1.82) is 0 Å². The second-order valence-corrected chi connectivity index (χ2v) is 8.17. The number of aromatic amines is 1. The van der Waals surface area contributed by atoms with E-state index >= 15 is 0 Å². The summed E-state index contributed by atoms with van der Waals surface area (Å²) in [6, 6.07) is 10.9. The fourth-order valence-corrected chi connectivity index (χ4v) is 4.58. The van der Waals surface area contributed by atoms with Crippen molar-refractivity contribution in [2.24, 2.45) is 0 Å². The van der Waals surface area contributed by atoms with E-state index in [-0.39, 0.29) is 12.1 Å². The highest BCUT2D eigenvalue weighted by atomic mass is 16.5. The Morgan fingerprint density at radius 1 is 1.10 bits per heavy atom. The molecule has 1 aliphatic carbocycles. The van der Waals surface area contributed by atoms with Crippen molar-refractivity contribution in [3.8, 4) is 5.75 Å². The first kappa shape index (κ1) is 17.2. The molecule has 2 fully saturated rings. The molecular formula is C22H25N5O2. The molecule has 7 nitrogen and oxygen atoms in total. The van der Waals surface area contributed by atoms with Gasteiger partial charge < -0.3 is 19.8 Å². The number of nitrogens with one attached hydrogen (secondary N) is 2. The van der Waals surface area contributed by atoms with Crippen LogP contribution in [-0.2, 0) is 4.74 Å². The number of ether oxygens (including phenoxy) is 2. The van der Waals surface area contributed by atoms with Gasteiger partial charge in [-0.25, -0.2) is 9.97 Å². The highest BCUT2D eigenvalue weighted by molar-refractivity contribution is 5.88. The van der Waals surface area contributed by atoms with Crippen molar-refractivity contribution in [2.75, 3.05) is 38.2 Å². The van der Waals surface area contributed by atoms with Gasteiger partial charge in [-0.3, -0.25) is 4.90 Å². The van der Waals surface area contributed by atoms with Crippen molar-refractivity contribution in [3.63, 3.8) is 0 Å². The number of H-pyrrole nitrogens is 1. The average molecular weight is 391 g/mol. The minimum atomic E-state index is 0.0930. The van der Waals surface area contributed by atoms with Gasteiger partial charge in [-0.2, -0.15) is 0 Å². The van der Waals surface area contributed by atoms with Crippen molar-refractivity contribution in [1.82, 2.24) is 19.9 Å². The standard InChI is InChI=1S/C22H25N5O2/c1-2-4-19-15(3-1)20(18(12-29-19)27-7-9-28-10-8-27)26-22-16-11-17(14-5-6-14)25-21(16)23-13-24-22/h1-4,11,13-14,18,20H,5-10,12H2,(H2,23,24,25,26)/t18-,20-/m1/s1. The van der Waals surface area contributed by atoms with Crippen molar-refractivity contribution < 1.29 is 9.47 Å². The molecule has 2 aliphatic heterocycles. The Kier molecular flexibility index (Phi) is 4.16. The number of anilines is 1. The quantitative estimate of drug-likeness (QED) is 0.712. The summed E-state index contributed by atoms with van der Waals surface area (Å²) in [4.78, 5) is 15.0. The van der Waals surface area contributed by atoms with Gasteiger partial charge in [0.15, 0.2) is 0 Å². The zero-order valence-corrected chi connectivity index (χ0v) is 16.3. The number of hydrogen-bond acceptors (Lipinski definition) is 6. The predicted molar refractivity (Wildman–Crippen MR) is 110 cm³/mol. The van der Waals surface area contributed by atoms with Crippen LogP contribution in [-0.4, -0.2) is 58.8 Å². The Morgan fingerprint density at radius 2 is 1.97 bits per heavy atom. The van der Waals surface area contributed by atoms with Crippen LogP contribution in [0.4, 0.5) is 5.82 Å². The first-order chi connectivity index (χ1) is 14.4. The third-order valence-corrected chi connectivity index (χ3v) is 6.32. The van der Waals surface area contributed by atoms with E-state index in [1.165, 1.54) is 24.1 Å². The smallest absolute Gasteiger partial charge is 0.143 e. The summed E-state index contributed by atoms with van der Waals surface area (Å²) in [5.41, 5.74) is 3.37. The van der Waals surface area contributed by atoms with Crippen LogP contribution in [0.1, 0.15) is 36.1 Å². The van der Waals surface area contributed by atoms with Crippen LogP contribution in [0.25, 0.3) is 11.0 Å². The highest BCUT2D eigenvalue weighted by Crippen LogP contribution is 2.42. The molecule has 2 atom stereocenters. The molecule has 1 aromatic carbocycles. The maximum Gasteiger partial charge on any atom is 0.143 e. The molecule has 7 heteroatoms. The average Bonchev–Trinajstić information content (AvgIpc) is 3.53. The summed E-state index contributed by atoms with van der Waals surface area (Å²) in [5, 5.41) is 4.84. The molecule has 3 aromatic rings. The van der Waals surface area contributed by atoms with Gasteiger partial charge in [0.25, 0.3) is 0 Å². The lowest BCUT2D eigenvalue weighted by Gasteiger charge is -2.42. The lowest BCUT2D eigenvalue weighted by Crippen LogP contribution is -2.52. The van der Waals surface area contributed by atoms with Crippen LogP contribution in [0.15, 0.2) is 36.7 Å². The maximum absolute atomic E-state index is 6.13. The summed E-state index contributed by atoms with van der Waals surface area (Å²) in [7, 11) is 0. The SMILES string of the molecule is c1ccc2c(c1)OC[C@@H](N1CCOCC1)[C@@H]2Nc1ncnc2[nH]c(C3CC3)cc12. The van der Waals surface area contributed by atoms with E-state index < -0.39 is 0 Å². The van der Waals surface area contributed by atoms with Crippen LogP contribution >= 0.6 is 0 Å². The van der Waals surface area contributed by atoms with Gasteiger partial charge in [-0.05, 0) is 30.9 Å². The number of aromatic nitrogens is 3. The third-order valence-electron chi connectivity index (χ3n) is 6.32. The highest BCUT2D eigenvalue weighted by Gasteiger charge is 2.36. The van der Waals surface area contributed by atoms with Gasteiger partial charge in [-0.1, -0.05) is 18.2 Å².